The van der Waals surface area contributed by atoms with E-state index in [1.807, 2.05) is 24.3 Å². The monoisotopic (exact) mass is 270 g/mol. The van der Waals surface area contributed by atoms with Gasteiger partial charge in [-0.1, -0.05) is 12.6 Å². The van der Waals surface area contributed by atoms with Crippen LogP contribution in [0.2, 0.25) is 0 Å². The van der Waals surface area contributed by atoms with Crippen LogP contribution in [0.15, 0.2) is 55.1 Å². The Kier molecular flexibility index (Phi) is 4.00. The quantitative estimate of drug-likeness (QED) is 0.664. The molecule has 102 valence electrons. The molecule has 0 radical (unpaired) electrons. The van der Waals surface area contributed by atoms with E-state index in [9.17, 15) is 10.1 Å². The SMILES string of the molecule is C=C(Nc1cccc(OC)c1)c1ccc([N+](=O)[O-])cc1. The number of nitro groups is 1. The molecule has 0 aliphatic heterocycles. The van der Waals surface area contributed by atoms with E-state index in [4.69, 9.17) is 4.74 Å². The Hall–Kier alpha value is -2.82. The van der Waals surface area contributed by atoms with Crippen molar-refractivity contribution in [3.63, 3.8) is 0 Å². The lowest BCUT2D eigenvalue weighted by molar-refractivity contribution is -0.384. The molecule has 2 rings (SSSR count). The summed E-state index contributed by atoms with van der Waals surface area (Å²) in [6, 6.07) is 13.7. The van der Waals surface area contributed by atoms with Crippen LogP contribution in [0.5, 0.6) is 5.75 Å². The van der Waals surface area contributed by atoms with Gasteiger partial charge < -0.3 is 10.1 Å². The van der Waals surface area contributed by atoms with Gasteiger partial charge in [0.05, 0.1) is 12.0 Å². The molecule has 5 heteroatoms. The number of hydrogen-bond donors (Lipinski definition) is 1. The number of rotatable bonds is 5. The summed E-state index contributed by atoms with van der Waals surface area (Å²) in [7, 11) is 1.60. The Balaban J connectivity index is 2.13. The van der Waals surface area contributed by atoms with Gasteiger partial charge in [0.2, 0.25) is 0 Å². The van der Waals surface area contributed by atoms with Crippen molar-refractivity contribution in [1.29, 1.82) is 0 Å². The van der Waals surface area contributed by atoms with Crippen LogP contribution in [0.25, 0.3) is 5.70 Å². The van der Waals surface area contributed by atoms with Gasteiger partial charge in [0.15, 0.2) is 0 Å². The van der Waals surface area contributed by atoms with E-state index < -0.39 is 4.92 Å². The van der Waals surface area contributed by atoms with Gasteiger partial charge in [0.1, 0.15) is 5.75 Å². The van der Waals surface area contributed by atoms with Gasteiger partial charge in [-0.2, -0.15) is 0 Å². The predicted octanol–water partition coefficient (Wildman–Crippen LogP) is 3.69. The van der Waals surface area contributed by atoms with Gasteiger partial charge in [0, 0.05) is 29.6 Å². The van der Waals surface area contributed by atoms with E-state index >= 15 is 0 Å². The second kappa shape index (κ2) is 5.88. The number of non-ortho nitro benzene ring substituents is 1. The van der Waals surface area contributed by atoms with Gasteiger partial charge in [-0.25, -0.2) is 0 Å². The van der Waals surface area contributed by atoms with E-state index in [0.29, 0.717) is 5.70 Å². The van der Waals surface area contributed by atoms with E-state index in [2.05, 4.69) is 11.9 Å². The fourth-order valence-electron chi connectivity index (χ4n) is 1.73. The summed E-state index contributed by atoms with van der Waals surface area (Å²) >= 11 is 0. The summed E-state index contributed by atoms with van der Waals surface area (Å²) in [5.41, 5.74) is 2.35. The molecule has 0 saturated carbocycles. The molecule has 0 unspecified atom stereocenters. The first kappa shape index (κ1) is 13.6. The van der Waals surface area contributed by atoms with E-state index in [1.54, 1.807) is 19.2 Å². The Morgan fingerprint density at radius 3 is 2.55 bits per heavy atom. The minimum atomic E-state index is -0.429. The molecule has 2 aromatic carbocycles. The second-order valence-electron chi connectivity index (χ2n) is 4.14. The molecule has 0 aliphatic rings. The Bertz CT molecular complexity index is 636. The molecule has 0 amide bonds. The van der Waals surface area contributed by atoms with Gasteiger partial charge in [0.25, 0.3) is 5.69 Å². The number of methoxy groups -OCH3 is 1. The fraction of sp³-hybridized carbons (Fsp3) is 0.0667. The normalized spacial score (nSPS) is 9.85. The molecule has 20 heavy (non-hydrogen) atoms. The highest BCUT2D eigenvalue weighted by atomic mass is 16.6. The van der Waals surface area contributed by atoms with Crippen LogP contribution in [-0.2, 0) is 0 Å². The Labute approximate surface area is 116 Å². The smallest absolute Gasteiger partial charge is 0.269 e. The van der Waals surface area contributed by atoms with Crippen LogP contribution in [-0.4, -0.2) is 12.0 Å². The zero-order valence-electron chi connectivity index (χ0n) is 11.0. The van der Waals surface area contributed by atoms with Gasteiger partial charge in [-0.3, -0.25) is 10.1 Å². The maximum atomic E-state index is 10.6. The maximum Gasteiger partial charge on any atom is 0.269 e. The zero-order chi connectivity index (χ0) is 14.5. The van der Waals surface area contributed by atoms with Crippen molar-refractivity contribution in [3.05, 3.63) is 70.8 Å². The zero-order valence-corrected chi connectivity index (χ0v) is 11.0. The second-order valence-corrected chi connectivity index (χ2v) is 4.14. The first-order valence-electron chi connectivity index (χ1n) is 5.95. The van der Waals surface area contributed by atoms with Crippen LogP contribution >= 0.6 is 0 Å². The first-order chi connectivity index (χ1) is 9.60. The van der Waals surface area contributed by atoms with Crippen molar-refractivity contribution >= 4 is 17.1 Å². The van der Waals surface area contributed by atoms with Crippen LogP contribution in [0, 0.1) is 10.1 Å². The topological polar surface area (TPSA) is 64.4 Å². The lowest BCUT2D eigenvalue weighted by Crippen LogP contribution is -1.98. The molecule has 0 aromatic heterocycles. The van der Waals surface area contributed by atoms with E-state index in [-0.39, 0.29) is 5.69 Å². The molecule has 0 spiro atoms. The third-order valence-electron chi connectivity index (χ3n) is 2.79. The summed E-state index contributed by atoms with van der Waals surface area (Å²) < 4.78 is 5.14. The van der Waals surface area contributed by atoms with Crippen LogP contribution in [0.4, 0.5) is 11.4 Å². The highest BCUT2D eigenvalue weighted by Crippen LogP contribution is 2.22. The summed E-state index contributed by atoms with van der Waals surface area (Å²) in [4.78, 5) is 10.2. The Morgan fingerprint density at radius 2 is 1.95 bits per heavy atom. The molecule has 0 aliphatic carbocycles. The van der Waals surface area contributed by atoms with Crippen molar-refractivity contribution in [1.82, 2.24) is 0 Å². The summed E-state index contributed by atoms with van der Waals surface area (Å²) in [5.74, 6) is 0.742. The molecule has 0 atom stereocenters. The first-order valence-corrected chi connectivity index (χ1v) is 5.95. The highest BCUT2D eigenvalue weighted by Gasteiger charge is 2.06. The molecule has 5 nitrogen and oxygen atoms in total. The number of ether oxygens (including phenoxy) is 1. The van der Waals surface area contributed by atoms with Gasteiger partial charge in [-0.15, -0.1) is 0 Å². The number of anilines is 1. The molecule has 0 saturated heterocycles. The molecule has 0 bridgehead atoms. The predicted molar refractivity (Wildman–Crippen MR) is 78.7 cm³/mol. The fourth-order valence-corrected chi connectivity index (χ4v) is 1.73. The molecule has 2 aromatic rings. The third kappa shape index (κ3) is 3.14. The number of nitrogens with zero attached hydrogens (tertiary/aromatic N) is 1. The number of hydrogen-bond acceptors (Lipinski definition) is 4. The van der Waals surface area contributed by atoms with Crippen molar-refractivity contribution < 1.29 is 9.66 Å². The van der Waals surface area contributed by atoms with Crippen LogP contribution in [0.1, 0.15) is 5.56 Å². The summed E-state index contributed by atoms with van der Waals surface area (Å²) in [6.07, 6.45) is 0. The van der Waals surface area contributed by atoms with Gasteiger partial charge >= 0.3 is 0 Å². The van der Waals surface area contributed by atoms with Crippen LogP contribution < -0.4 is 10.1 Å². The van der Waals surface area contributed by atoms with Crippen LogP contribution in [0.3, 0.4) is 0 Å². The summed E-state index contributed by atoms with van der Waals surface area (Å²) in [5, 5.41) is 13.7. The molecule has 0 fully saturated rings. The maximum absolute atomic E-state index is 10.6. The minimum Gasteiger partial charge on any atom is -0.497 e. The van der Waals surface area contributed by atoms with E-state index in [1.165, 1.54) is 12.1 Å². The number of nitrogens with one attached hydrogen (secondary N) is 1. The standard InChI is InChI=1S/C15H14N2O3/c1-11(12-6-8-14(9-7-12)17(18)19)16-13-4-3-5-15(10-13)20-2/h3-10,16H,1H2,2H3. The highest BCUT2D eigenvalue weighted by molar-refractivity contribution is 5.76. The molecular formula is C15H14N2O3. The third-order valence-corrected chi connectivity index (χ3v) is 2.79. The Morgan fingerprint density at radius 1 is 1.25 bits per heavy atom. The van der Waals surface area contributed by atoms with Crippen molar-refractivity contribution in [2.75, 3.05) is 12.4 Å². The summed E-state index contributed by atoms with van der Waals surface area (Å²) in [6.45, 7) is 3.93. The molecule has 1 N–H and O–H groups in total. The van der Waals surface area contributed by atoms with Crippen molar-refractivity contribution in [3.8, 4) is 5.75 Å². The van der Waals surface area contributed by atoms with Gasteiger partial charge in [-0.05, 0) is 29.8 Å². The number of benzene rings is 2. The number of nitro benzene ring substituents is 1. The lowest BCUT2D eigenvalue weighted by Gasteiger charge is -2.10. The molecule has 0 heterocycles. The largest absolute Gasteiger partial charge is 0.497 e. The molecular weight excluding hydrogens is 256 g/mol. The lowest BCUT2D eigenvalue weighted by atomic mass is 10.1. The minimum absolute atomic E-state index is 0.0583. The average molecular weight is 270 g/mol. The van der Waals surface area contributed by atoms with Crippen molar-refractivity contribution in [2.24, 2.45) is 0 Å². The average Bonchev–Trinajstić information content (AvgIpc) is 2.47. The van der Waals surface area contributed by atoms with E-state index in [0.717, 1.165) is 17.0 Å². The van der Waals surface area contributed by atoms with Crippen molar-refractivity contribution in [2.45, 2.75) is 0 Å².